The molecule has 1 saturated heterocycles. The van der Waals surface area contributed by atoms with E-state index in [2.05, 4.69) is 0 Å². The van der Waals surface area contributed by atoms with Gasteiger partial charge in [0.2, 0.25) is 0 Å². The first kappa shape index (κ1) is 11.0. The fourth-order valence-electron chi connectivity index (χ4n) is 1.20. The zero-order valence-corrected chi connectivity index (χ0v) is 8.41. The Hall–Kier alpha value is -1.10. The summed E-state index contributed by atoms with van der Waals surface area (Å²) in [5.74, 6) is -2.43. The molecule has 0 radical (unpaired) electrons. The van der Waals surface area contributed by atoms with Gasteiger partial charge in [-0.05, 0) is 5.92 Å². The number of carbonyl (C=O) groups excluding carboxylic acids is 2. The highest BCUT2D eigenvalue weighted by atomic mass is 16.7. The number of ether oxygens (including phenoxy) is 2. The third kappa shape index (κ3) is 2.23. The Morgan fingerprint density at radius 3 is 2.71 bits per heavy atom. The molecule has 1 heterocycles. The maximum Gasteiger partial charge on any atom is 0.309 e. The minimum Gasteiger partial charge on any atom is -0.423 e. The number of cyclic esters (lactones) is 1. The normalized spacial score (nSPS) is 26.6. The summed E-state index contributed by atoms with van der Waals surface area (Å²) in [6.45, 7) is 4.22. The van der Waals surface area contributed by atoms with Gasteiger partial charge in [0.25, 0.3) is 11.7 Å². The van der Waals surface area contributed by atoms with Crippen LogP contribution in [0.2, 0.25) is 0 Å². The Morgan fingerprint density at radius 2 is 2.36 bits per heavy atom. The Kier molecular flexibility index (Phi) is 3.10. The lowest BCUT2D eigenvalue weighted by Crippen LogP contribution is -2.46. The number of nitrogens with two attached hydrogens (primary N) is 1. The quantitative estimate of drug-likeness (QED) is 0.658. The number of hydrogen-bond acceptors (Lipinski definition) is 4. The zero-order valence-electron chi connectivity index (χ0n) is 8.41. The van der Waals surface area contributed by atoms with Crippen molar-refractivity contribution >= 4 is 11.9 Å². The van der Waals surface area contributed by atoms with Crippen molar-refractivity contribution in [3.8, 4) is 0 Å². The lowest BCUT2D eigenvalue weighted by Gasteiger charge is -2.24. The highest BCUT2D eigenvalue weighted by Crippen LogP contribution is 2.28. The van der Waals surface area contributed by atoms with Crippen LogP contribution < -0.4 is 5.73 Å². The number of hydrogen-bond donors (Lipinski definition) is 1. The standard InChI is InChI=1S/C9H15NO4/c1-6(2)5-13-9(8(10)12)4-3-7(11)14-9/h6H,3-5H2,1-2H3,(H2,10,12). The van der Waals surface area contributed by atoms with Crippen LogP contribution in [0, 0.1) is 5.92 Å². The van der Waals surface area contributed by atoms with Crippen molar-refractivity contribution in [1.82, 2.24) is 0 Å². The molecule has 14 heavy (non-hydrogen) atoms. The minimum absolute atomic E-state index is 0.182. The van der Waals surface area contributed by atoms with E-state index in [4.69, 9.17) is 15.2 Å². The molecule has 0 aromatic heterocycles. The van der Waals surface area contributed by atoms with Gasteiger partial charge in [-0.3, -0.25) is 9.59 Å². The third-order valence-electron chi connectivity index (χ3n) is 1.96. The SMILES string of the molecule is CC(C)COC1(C(N)=O)CCC(=O)O1. The Morgan fingerprint density at radius 1 is 1.71 bits per heavy atom. The van der Waals surface area contributed by atoms with E-state index in [0.717, 1.165) is 0 Å². The van der Waals surface area contributed by atoms with Gasteiger partial charge in [-0.2, -0.15) is 0 Å². The number of carbonyl (C=O) groups is 2. The van der Waals surface area contributed by atoms with Crippen LogP contribution in [0.4, 0.5) is 0 Å². The second-order valence-electron chi connectivity index (χ2n) is 3.80. The van der Waals surface area contributed by atoms with Crippen molar-refractivity contribution in [1.29, 1.82) is 0 Å². The first-order valence-electron chi connectivity index (χ1n) is 4.62. The van der Waals surface area contributed by atoms with Crippen LogP contribution in [-0.4, -0.2) is 24.3 Å². The van der Waals surface area contributed by atoms with Crippen LogP contribution in [0.1, 0.15) is 26.7 Å². The monoisotopic (exact) mass is 201 g/mol. The summed E-state index contributed by atoms with van der Waals surface area (Å²) in [5, 5.41) is 0. The van der Waals surface area contributed by atoms with Crippen molar-refractivity contribution < 1.29 is 19.1 Å². The van der Waals surface area contributed by atoms with Gasteiger partial charge in [-0.25, -0.2) is 0 Å². The van der Waals surface area contributed by atoms with Gasteiger partial charge in [0.1, 0.15) is 0 Å². The van der Waals surface area contributed by atoms with E-state index >= 15 is 0 Å². The third-order valence-corrected chi connectivity index (χ3v) is 1.96. The van der Waals surface area contributed by atoms with E-state index in [-0.39, 0.29) is 18.8 Å². The second kappa shape index (κ2) is 3.96. The molecule has 1 fully saturated rings. The topological polar surface area (TPSA) is 78.6 Å². The summed E-state index contributed by atoms with van der Waals surface area (Å²) in [6.07, 6.45) is 0.398. The molecule has 0 aromatic carbocycles. The molecule has 0 spiro atoms. The molecule has 80 valence electrons. The van der Waals surface area contributed by atoms with Gasteiger partial charge in [-0.1, -0.05) is 13.8 Å². The van der Waals surface area contributed by atoms with E-state index in [0.29, 0.717) is 6.61 Å². The first-order chi connectivity index (χ1) is 6.46. The Labute approximate surface area is 82.5 Å². The molecular formula is C9H15NO4. The average Bonchev–Trinajstić information content (AvgIpc) is 2.45. The van der Waals surface area contributed by atoms with Gasteiger partial charge in [0, 0.05) is 6.42 Å². The number of primary amides is 1. The predicted molar refractivity (Wildman–Crippen MR) is 48.0 cm³/mol. The van der Waals surface area contributed by atoms with Crippen LogP contribution >= 0.6 is 0 Å². The molecule has 1 aliphatic heterocycles. The predicted octanol–water partition coefficient (Wildman–Crippen LogP) is 0.178. The second-order valence-corrected chi connectivity index (χ2v) is 3.80. The van der Waals surface area contributed by atoms with E-state index in [1.54, 1.807) is 0 Å². The van der Waals surface area contributed by atoms with Crippen molar-refractivity contribution in [2.75, 3.05) is 6.61 Å². The Bertz CT molecular complexity index is 251. The lowest BCUT2D eigenvalue weighted by molar-refractivity contribution is -0.214. The molecule has 5 heteroatoms. The summed E-state index contributed by atoms with van der Waals surface area (Å²) >= 11 is 0. The van der Waals surface area contributed by atoms with Crippen LogP contribution in [0.25, 0.3) is 0 Å². The molecule has 0 aliphatic carbocycles. The largest absolute Gasteiger partial charge is 0.423 e. The fraction of sp³-hybridized carbons (Fsp3) is 0.778. The lowest BCUT2D eigenvalue weighted by atomic mass is 10.1. The number of esters is 1. The van der Waals surface area contributed by atoms with Crippen molar-refractivity contribution in [3.05, 3.63) is 0 Å². The van der Waals surface area contributed by atoms with Gasteiger partial charge in [-0.15, -0.1) is 0 Å². The van der Waals surface area contributed by atoms with Crippen molar-refractivity contribution in [2.24, 2.45) is 11.7 Å². The molecule has 0 saturated carbocycles. The molecule has 1 rings (SSSR count). The number of rotatable bonds is 4. The van der Waals surface area contributed by atoms with Gasteiger partial charge in [0.15, 0.2) is 0 Å². The molecule has 1 aliphatic rings. The van der Waals surface area contributed by atoms with E-state index in [1.807, 2.05) is 13.8 Å². The highest BCUT2D eigenvalue weighted by molar-refractivity contribution is 5.87. The summed E-state index contributed by atoms with van der Waals surface area (Å²) < 4.78 is 10.1. The van der Waals surface area contributed by atoms with Crippen molar-refractivity contribution in [3.63, 3.8) is 0 Å². The van der Waals surface area contributed by atoms with E-state index in [9.17, 15) is 9.59 Å². The summed E-state index contributed by atoms with van der Waals surface area (Å²) in [7, 11) is 0. The van der Waals surface area contributed by atoms with E-state index < -0.39 is 17.7 Å². The molecule has 2 N–H and O–H groups in total. The summed E-state index contributed by atoms with van der Waals surface area (Å²) in [6, 6.07) is 0. The maximum atomic E-state index is 11.1. The molecular weight excluding hydrogens is 186 g/mol. The van der Waals surface area contributed by atoms with Gasteiger partial charge >= 0.3 is 5.97 Å². The van der Waals surface area contributed by atoms with Crippen LogP contribution in [-0.2, 0) is 19.1 Å². The smallest absolute Gasteiger partial charge is 0.309 e. The van der Waals surface area contributed by atoms with Crippen LogP contribution in [0.3, 0.4) is 0 Å². The molecule has 0 bridgehead atoms. The van der Waals surface area contributed by atoms with Crippen LogP contribution in [0.15, 0.2) is 0 Å². The average molecular weight is 201 g/mol. The Balaban J connectivity index is 2.64. The zero-order chi connectivity index (χ0) is 10.8. The first-order valence-corrected chi connectivity index (χ1v) is 4.62. The highest BCUT2D eigenvalue weighted by Gasteiger charge is 2.47. The molecule has 1 unspecified atom stereocenters. The maximum absolute atomic E-state index is 11.1. The van der Waals surface area contributed by atoms with Crippen LogP contribution in [0.5, 0.6) is 0 Å². The number of amides is 1. The van der Waals surface area contributed by atoms with Crippen molar-refractivity contribution in [2.45, 2.75) is 32.5 Å². The molecule has 0 aromatic rings. The fourth-order valence-corrected chi connectivity index (χ4v) is 1.20. The van der Waals surface area contributed by atoms with Gasteiger partial charge in [0.05, 0.1) is 13.0 Å². The van der Waals surface area contributed by atoms with Gasteiger partial charge < -0.3 is 15.2 Å². The summed E-state index contributed by atoms with van der Waals surface area (Å²) in [5.41, 5.74) is 5.14. The summed E-state index contributed by atoms with van der Waals surface area (Å²) in [4.78, 5) is 22.0. The molecule has 5 nitrogen and oxygen atoms in total. The minimum atomic E-state index is -1.51. The molecule has 1 atom stereocenters. The molecule has 1 amide bonds. The van der Waals surface area contributed by atoms with E-state index in [1.165, 1.54) is 0 Å².